The van der Waals surface area contributed by atoms with Crippen molar-refractivity contribution in [1.82, 2.24) is 0 Å². The average molecular weight is 531 g/mol. The Labute approximate surface area is 223 Å². The Bertz CT molecular complexity index is 1540. The molecule has 4 aromatic rings. The van der Waals surface area contributed by atoms with E-state index >= 15 is 0 Å². The molecule has 8 heteroatoms. The van der Waals surface area contributed by atoms with Crippen LogP contribution in [0, 0.1) is 13.8 Å². The number of carbonyl (C=O) groups is 1. The first-order valence-electron chi connectivity index (χ1n) is 12.0. The number of benzene rings is 4. The first-order chi connectivity index (χ1) is 18.2. The summed E-state index contributed by atoms with van der Waals surface area (Å²) in [5.41, 5.74) is 4.33. The minimum absolute atomic E-state index is 0.123. The zero-order chi connectivity index (χ0) is 27.3. The second kappa shape index (κ2) is 11.4. The lowest BCUT2D eigenvalue weighted by Crippen LogP contribution is -2.30. The molecule has 0 aliphatic carbocycles. The number of carbonyl (C=O) groups excluding carboxylic acids is 1. The summed E-state index contributed by atoms with van der Waals surface area (Å²) in [4.78, 5) is 13.1. The maximum atomic E-state index is 13.7. The molecule has 0 heterocycles. The molecule has 196 valence electrons. The maximum absolute atomic E-state index is 13.7. The number of aryl methyl sites for hydroxylation is 2. The third-order valence-electron chi connectivity index (χ3n) is 6.30. The molecule has 0 saturated carbocycles. The van der Waals surface area contributed by atoms with Crippen molar-refractivity contribution in [2.24, 2.45) is 0 Å². The van der Waals surface area contributed by atoms with Crippen molar-refractivity contribution in [3.8, 4) is 11.5 Å². The van der Waals surface area contributed by atoms with E-state index in [0.717, 1.165) is 16.7 Å². The van der Waals surface area contributed by atoms with Gasteiger partial charge in [0.05, 0.1) is 36.9 Å². The van der Waals surface area contributed by atoms with Crippen LogP contribution in [-0.4, -0.2) is 28.5 Å². The Morgan fingerprint density at radius 1 is 0.816 bits per heavy atom. The number of hydrogen-bond donors (Lipinski definition) is 1. The van der Waals surface area contributed by atoms with Gasteiger partial charge in [0.2, 0.25) is 0 Å². The van der Waals surface area contributed by atoms with Crippen LogP contribution in [0.25, 0.3) is 0 Å². The van der Waals surface area contributed by atoms with Gasteiger partial charge < -0.3 is 14.8 Å². The monoisotopic (exact) mass is 530 g/mol. The molecule has 0 radical (unpaired) electrons. The standard InChI is InChI=1S/C30H30N2O5S/c1-21-10-15-25(18-22(21)2)32(38(34,35)27-8-6-5-7-9-27)20-23-11-13-24(14-12-23)31-30(33)28-19-26(36-3)16-17-29(28)37-4/h5-19H,20H2,1-4H3,(H,31,33). The van der Waals surface area contributed by atoms with E-state index in [2.05, 4.69) is 5.32 Å². The number of hydrogen-bond acceptors (Lipinski definition) is 5. The molecule has 0 unspecified atom stereocenters. The van der Waals surface area contributed by atoms with Crippen LogP contribution in [0.1, 0.15) is 27.0 Å². The van der Waals surface area contributed by atoms with Crippen LogP contribution >= 0.6 is 0 Å². The minimum Gasteiger partial charge on any atom is -0.497 e. The molecule has 0 aromatic heterocycles. The van der Waals surface area contributed by atoms with Crippen molar-refractivity contribution in [2.45, 2.75) is 25.3 Å². The molecule has 38 heavy (non-hydrogen) atoms. The predicted molar refractivity (Wildman–Crippen MR) is 150 cm³/mol. The predicted octanol–water partition coefficient (Wildman–Crippen LogP) is 5.97. The van der Waals surface area contributed by atoms with Gasteiger partial charge in [-0.3, -0.25) is 9.10 Å². The van der Waals surface area contributed by atoms with Crippen molar-refractivity contribution in [1.29, 1.82) is 0 Å². The Kier molecular flexibility index (Phi) is 8.02. The van der Waals surface area contributed by atoms with Crippen molar-refractivity contribution in [3.05, 3.63) is 113 Å². The number of nitrogens with one attached hydrogen (secondary N) is 1. The summed E-state index contributed by atoms with van der Waals surface area (Å²) in [6.45, 7) is 4.07. The molecule has 0 aliphatic heterocycles. The van der Waals surface area contributed by atoms with E-state index in [4.69, 9.17) is 9.47 Å². The molecule has 0 fully saturated rings. The first-order valence-corrected chi connectivity index (χ1v) is 13.4. The van der Waals surface area contributed by atoms with Crippen molar-refractivity contribution < 1.29 is 22.7 Å². The molecule has 7 nitrogen and oxygen atoms in total. The van der Waals surface area contributed by atoms with Crippen molar-refractivity contribution in [3.63, 3.8) is 0 Å². The fourth-order valence-corrected chi connectivity index (χ4v) is 5.43. The summed E-state index contributed by atoms with van der Waals surface area (Å²) < 4.78 is 39.3. The van der Waals surface area contributed by atoms with Crippen LogP contribution in [0.15, 0.2) is 95.9 Å². The van der Waals surface area contributed by atoms with Gasteiger partial charge in [-0.2, -0.15) is 0 Å². The highest BCUT2D eigenvalue weighted by atomic mass is 32.2. The second-order valence-corrected chi connectivity index (χ2v) is 10.7. The number of nitrogens with zero attached hydrogens (tertiary/aromatic N) is 1. The van der Waals surface area contributed by atoms with Gasteiger partial charge in [-0.05, 0) is 85.1 Å². The lowest BCUT2D eigenvalue weighted by Gasteiger charge is -2.25. The SMILES string of the molecule is COc1ccc(OC)c(C(=O)Nc2ccc(CN(c3ccc(C)c(C)c3)S(=O)(=O)c3ccccc3)cc2)c1. The molecule has 4 aromatic carbocycles. The summed E-state index contributed by atoms with van der Waals surface area (Å²) in [5.74, 6) is 0.615. The summed E-state index contributed by atoms with van der Waals surface area (Å²) in [6, 6.07) is 26.1. The van der Waals surface area contributed by atoms with Crippen LogP contribution in [-0.2, 0) is 16.6 Å². The van der Waals surface area contributed by atoms with Crippen LogP contribution < -0.4 is 19.1 Å². The normalized spacial score (nSPS) is 11.1. The molecular weight excluding hydrogens is 500 g/mol. The van der Waals surface area contributed by atoms with Crippen LogP contribution in [0.3, 0.4) is 0 Å². The van der Waals surface area contributed by atoms with E-state index in [0.29, 0.717) is 28.4 Å². The quantitative estimate of drug-likeness (QED) is 0.288. The number of methoxy groups -OCH3 is 2. The molecule has 0 bridgehead atoms. The topological polar surface area (TPSA) is 84.9 Å². The summed E-state index contributed by atoms with van der Waals surface area (Å²) in [5, 5.41) is 2.86. The lowest BCUT2D eigenvalue weighted by atomic mass is 10.1. The van der Waals surface area contributed by atoms with E-state index in [1.807, 2.05) is 32.0 Å². The highest BCUT2D eigenvalue weighted by Gasteiger charge is 2.25. The van der Waals surface area contributed by atoms with E-state index in [1.54, 1.807) is 72.8 Å². The van der Waals surface area contributed by atoms with Crippen molar-refractivity contribution in [2.75, 3.05) is 23.8 Å². The fourth-order valence-electron chi connectivity index (χ4n) is 3.96. The zero-order valence-electron chi connectivity index (χ0n) is 21.8. The van der Waals surface area contributed by atoms with E-state index in [9.17, 15) is 13.2 Å². The molecule has 0 atom stereocenters. The van der Waals surface area contributed by atoms with Gasteiger partial charge in [0.25, 0.3) is 15.9 Å². The van der Waals surface area contributed by atoms with E-state index < -0.39 is 10.0 Å². The van der Waals surface area contributed by atoms with Crippen LogP contribution in [0.5, 0.6) is 11.5 Å². The van der Waals surface area contributed by atoms with Crippen LogP contribution in [0.4, 0.5) is 11.4 Å². The third-order valence-corrected chi connectivity index (χ3v) is 8.09. The van der Waals surface area contributed by atoms with Gasteiger partial charge in [0, 0.05) is 5.69 Å². The Morgan fingerprint density at radius 3 is 2.16 bits per heavy atom. The highest BCUT2D eigenvalue weighted by molar-refractivity contribution is 7.92. The fraction of sp³-hybridized carbons (Fsp3) is 0.167. The van der Waals surface area contributed by atoms with Crippen molar-refractivity contribution >= 4 is 27.3 Å². The number of sulfonamides is 1. The minimum atomic E-state index is -3.82. The summed E-state index contributed by atoms with van der Waals surface area (Å²) in [6.07, 6.45) is 0. The van der Waals surface area contributed by atoms with Gasteiger partial charge in [0.1, 0.15) is 11.5 Å². The van der Waals surface area contributed by atoms with Gasteiger partial charge in [-0.1, -0.05) is 36.4 Å². The molecular formula is C30H30N2O5S. The second-order valence-electron chi connectivity index (χ2n) is 8.81. The Balaban J connectivity index is 1.60. The number of rotatable bonds is 9. The molecule has 0 aliphatic rings. The third kappa shape index (κ3) is 5.81. The largest absolute Gasteiger partial charge is 0.497 e. The molecule has 0 saturated heterocycles. The number of ether oxygens (including phenoxy) is 2. The maximum Gasteiger partial charge on any atom is 0.264 e. The first kappa shape index (κ1) is 26.8. The molecule has 1 amide bonds. The summed E-state index contributed by atoms with van der Waals surface area (Å²) >= 11 is 0. The van der Waals surface area contributed by atoms with Gasteiger partial charge in [-0.25, -0.2) is 8.42 Å². The average Bonchev–Trinajstić information content (AvgIpc) is 2.94. The highest BCUT2D eigenvalue weighted by Crippen LogP contribution is 2.29. The Morgan fingerprint density at radius 2 is 1.53 bits per heavy atom. The van der Waals surface area contributed by atoms with Gasteiger partial charge in [0.15, 0.2) is 0 Å². The van der Waals surface area contributed by atoms with Gasteiger partial charge >= 0.3 is 0 Å². The molecule has 4 rings (SSSR count). The lowest BCUT2D eigenvalue weighted by molar-refractivity contribution is 0.102. The van der Waals surface area contributed by atoms with Gasteiger partial charge in [-0.15, -0.1) is 0 Å². The Hall–Kier alpha value is -4.30. The van der Waals surface area contributed by atoms with E-state index in [1.165, 1.54) is 18.5 Å². The number of amides is 1. The summed E-state index contributed by atoms with van der Waals surface area (Å²) in [7, 11) is -0.796. The molecule has 1 N–H and O–H groups in total. The number of anilines is 2. The smallest absolute Gasteiger partial charge is 0.264 e. The van der Waals surface area contributed by atoms with E-state index in [-0.39, 0.29) is 17.3 Å². The molecule has 0 spiro atoms. The zero-order valence-corrected chi connectivity index (χ0v) is 22.6. The van der Waals surface area contributed by atoms with Crippen LogP contribution in [0.2, 0.25) is 0 Å².